The fourth-order valence-electron chi connectivity index (χ4n) is 2.31. The van der Waals surface area contributed by atoms with Crippen molar-refractivity contribution in [1.29, 1.82) is 0 Å². The molecule has 118 valence electrons. The van der Waals surface area contributed by atoms with Gasteiger partial charge in [-0.25, -0.2) is 0 Å². The summed E-state index contributed by atoms with van der Waals surface area (Å²) in [6, 6.07) is 32.5. The standard InChI is InChI=1S/C18H15P.Au.N3/c1-4-10-16(11-5-1)19(17-12-6-2-7-13-17)18-14-8-3-9-15-18;;1-3-2/h1-15H;;/q;+1;-1/p+1. The van der Waals surface area contributed by atoms with Crippen molar-refractivity contribution < 1.29 is 22.4 Å². The molecule has 3 nitrogen and oxygen atoms in total. The van der Waals surface area contributed by atoms with Gasteiger partial charge < -0.3 is 11.1 Å². The summed E-state index contributed by atoms with van der Waals surface area (Å²) in [5, 5.41) is 4.31. The molecule has 0 saturated carbocycles. The van der Waals surface area contributed by atoms with Crippen molar-refractivity contribution >= 4 is 23.8 Å². The molecule has 0 atom stereocenters. The molecule has 0 aromatic heterocycles. The predicted molar refractivity (Wildman–Crippen MR) is 96.6 cm³/mol. The summed E-state index contributed by atoms with van der Waals surface area (Å²) in [6.07, 6.45) is 0. The summed E-state index contributed by atoms with van der Waals surface area (Å²) < 4.78 is 0. The summed E-state index contributed by atoms with van der Waals surface area (Å²) in [4.78, 5) is 1.50. The van der Waals surface area contributed by atoms with Crippen molar-refractivity contribution in [3.63, 3.8) is 0 Å². The molecule has 3 aromatic carbocycles. The van der Waals surface area contributed by atoms with Gasteiger partial charge >= 0.3 is 22.4 Å². The van der Waals surface area contributed by atoms with Gasteiger partial charge in [0.05, 0.1) is 7.92 Å². The maximum absolute atomic E-state index is 6.75. The minimum Gasteiger partial charge on any atom is -0.373 e. The molecule has 0 radical (unpaired) electrons. The summed E-state index contributed by atoms with van der Waals surface area (Å²) >= 11 is 0. The Morgan fingerprint density at radius 1 is 0.522 bits per heavy atom. The van der Waals surface area contributed by atoms with E-state index < -0.39 is 7.92 Å². The molecule has 5 heteroatoms. The van der Waals surface area contributed by atoms with E-state index in [0.29, 0.717) is 0 Å². The molecule has 0 bridgehead atoms. The van der Waals surface area contributed by atoms with Crippen LogP contribution in [0.2, 0.25) is 0 Å². The van der Waals surface area contributed by atoms with Crippen LogP contribution in [0.4, 0.5) is 0 Å². The van der Waals surface area contributed by atoms with E-state index >= 15 is 0 Å². The van der Waals surface area contributed by atoms with E-state index in [1.807, 2.05) is 0 Å². The van der Waals surface area contributed by atoms with Gasteiger partial charge in [0.25, 0.3) is 0 Å². The first kappa shape index (κ1) is 19.2. The van der Waals surface area contributed by atoms with Crippen molar-refractivity contribution in [2.24, 2.45) is 0 Å². The van der Waals surface area contributed by atoms with Gasteiger partial charge in [0.15, 0.2) is 0 Å². The van der Waals surface area contributed by atoms with E-state index in [9.17, 15) is 0 Å². The molecule has 0 spiro atoms. The number of benzene rings is 3. The summed E-state index contributed by atoms with van der Waals surface area (Å²) in [7, 11) is -0.877. The molecule has 0 aliphatic carbocycles. The van der Waals surface area contributed by atoms with Crippen molar-refractivity contribution in [3.8, 4) is 0 Å². The normalized spacial score (nSPS) is 9.09. The van der Waals surface area contributed by atoms with Gasteiger partial charge in [-0.3, -0.25) is 4.91 Å². The molecule has 0 amide bonds. The zero-order valence-electron chi connectivity index (χ0n) is 12.3. The number of rotatable bonds is 3. The van der Waals surface area contributed by atoms with Gasteiger partial charge in [-0.15, -0.1) is 0 Å². The van der Waals surface area contributed by atoms with Crippen LogP contribution in [0.1, 0.15) is 0 Å². The Kier molecular flexibility index (Phi) is 9.01. The first-order chi connectivity index (χ1) is 10.9. The molecule has 0 N–H and O–H groups in total. The van der Waals surface area contributed by atoms with E-state index in [2.05, 4.69) is 91.0 Å². The summed E-state index contributed by atoms with van der Waals surface area (Å²) in [5.74, 6) is 0. The molecule has 23 heavy (non-hydrogen) atoms. The third-order valence-corrected chi connectivity index (χ3v) is 5.92. The first-order valence-electron chi connectivity index (χ1n) is 6.88. The van der Waals surface area contributed by atoms with Crippen LogP contribution in [0, 0.1) is 0 Å². The van der Waals surface area contributed by atoms with E-state index in [1.165, 1.54) is 20.8 Å². The number of nitrogens with zero attached hydrogens (tertiary/aromatic N) is 3. The molecule has 3 rings (SSSR count). The quantitative estimate of drug-likeness (QED) is 0.171. The van der Waals surface area contributed by atoms with Crippen LogP contribution >= 0.6 is 7.92 Å². The minimum absolute atomic E-state index is 0. The molecule has 0 heterocycles. The van der Waals surface area contributed by atoms with Crippen LogP contribution in [-0.2, 0) is 22.4 Å². The third kappa shape index (κ3) is 5.69. The predicted octanol–water partition coefficient (Wildman–Crippen LogP) is 4.04. The Labute approximate surface area is 153 Å². The van der Waals surface area contributed by atoms with Gasteiger partial charge in [0.1, 0.15) is 15.9 Å². The Morgan fingerprint density at radius 2 is 0.739 bits per heavy atom. The second-order valence-electron chi connectivity index (χ2n) is 4.56. The second-order valence-corrected chi connectivity index (χ2v) is 7.04. The maximum atomic E-state index is 6.75. The van der Waals surface area contributed by atoms with Crippen LogP contribution in [0.25, 0.3) is 16.0 Å². The molecule has 3 aromatic rings. The molecule has 0 aliphatic rings. The monoisotopic (exact) mass is 502 g/mol. The van der Waals surface area contributed by atoms with Gasteiger partial charge in [0.2, 0.25) is 0 Å². The molecule has 0 aliphatic heterocycles. The molecule has 0 unspecified atom stereocenters. The number of hydrogen-bond donors (Lipinski definition) is 0. The van der Waals surface area contributed by atoms with Crippen molar-refractivity contribution in [1.82, 2.24) is 0 Å². The van der Waals surface area contributed by atoms with Gasteiger partial charge in [-0.2, -0.15) is 0 Å². The molecular formula is C18H16AuN3P+. The van der Waals surface area contributed by atoms with Crippen LogP contribution < -0.4 is 15.9 Å². The largest absolute Gasteiger partial charge is 1.00 e. The number of hydrogen-bond acceptors (Lipinski definition) is 0. The summed E-state index contributed by atoms with van der Waals surface area (Å²) in [5.41, 5.74) is 13.5. The zero-order valence-corrected chi connectivity index (χ0v) is 15.5. The summed E-state index contributed by atoms with van der Waals surface area (Å²) in [6.45, 7) is 0. The molecular weight excluding hydrogens is 486 g/mol. The SMILES string of the molecule is [Au+].[N-]=[N+]=[N-].c1ccc([PH+](c2ccccc2)c2ccccc2)cc1. The fourth-order valence-corrected chi connectivity index (χ4v) is 4.89. The second kappa shape index (κ2) is 10.8. The van der Waals surface area contributed by atoms with Gasteiger partial charge in [-0.1, -0.05) is 54.6 Å². The van der Waals surface area contributed by atoms with Gasteiger partial charge in [0, 0.05) is 0 Å². The zero-order chi connectivity index (χ0) is 15.6. The smallest absolute Gasteiger partial charge is 0.373 e. The average molecular weight is 502 g/mol. The average Bonchev–Trinajstić information content (AvgIpc) is 2.59. The van der Waals surface area contributed by atoms with E-state index in [0.717, 1.165) is 0 Å². The Hall–Kier alpha value is -1.86. The Bertz CT molecular complexity index is 621. The Balaban J connectivity index is 0.000000615. The van der Waals surface area contributed by atoms with Crippen molar-refractivity contribution in [2.75, 3.05) is 0 Å². The van der Waals surface area contributed by atoms with E-state index in [-0.39, 0.29) is 22.4 Å². The topological polar surface area (TPSA) is 58.7 Å². The van der Waals surface area contributed by atoms with Gasteiger partial charge in [-0.05, 0) is 36.4 Å². The third-order valence-electron chi connectivity index (χ3n) is 3.19. The minimum atomic E-state index is -0.877. The molecule has 0 saturated heterocycles. The van der Waals surface area contributed by atoms with Crippen LogP contribution in [0.3, 0.4) is 0 Å². The van der Waals surface area contributed by atoms with Crippen LogP contribution in [0.5, 0.6) is 0 Å². The fraction of sp³-hybridized carbons (Fsp3) is 0. The maximum Gasteiger partial charge on any atom is 1.00 e. The molecule has 0 fully saturated rings. The van der Waals surface area contributed by atoms with E-state index in [4.69, 9.17) is 11.1 Å². The Morgan fingerprint density at radius 3 is 0.957 bits per heavy atom. The van der Waals surface area contributed by atoms with E-state index in [1.54, 1.807) is 0 Å². The van der Waals surface area contributed by atoms with Crippen molar-refractivity contribution in [2.45, 2.75) is 0 Å². The van der Waals surface area contributed by atoms with Crippen LogP contribution in [0.15, 0.2) is 91.0 Å². The first-order valence-corrected chi connectivity index (χ1v) is 8.38. The van der Waals surface area contributed by atoms with Crippen molar-refractivity contribution in [3.05, 3.63) is 107 Å². The van der Waals surface area contributed by atoms with Crippen LogP contribution in [-0.4, -0.2) is 0 Å².